The summed E-state index contributed by atoms with van der Waals surface area (Å²) in [5.74, 6) is 1.59. The molecule has 0 amide bonds. The van der Waals surface area contributed by atoms with E-state index in [4.69, 9.17) is 4.74 Å². The van der Waals surface area contributed by atoms with Crippen molar-refractivity contribution in [1.29, 1.82) is 0 Å². The Kier molecular flexibility index (Phi) is 2.86. The SMILES string of the molecule is c1ccc(Oc2ccccc2-c2n[n+]3cn[nH]c3s2)cc1. The van der Waals surface area contributed by atoms with Gasteiger partial charge in [-0.2, -0.15) is 0 Å². The van der Waals surface area contributed by atoms with E-state index in [1.807, 2.05) is 54.6 Å². The van der Waals surface area contributed by atoms with E-state index in [-0.39, 0.29) is 0 Å². The Labute approximate surface area is 124 Å². The highest BCUT2D eigenvalue weighted by Crippen LogP contribution is 2.34. The lowest BCUT2D eigenvalue weighted by molar-refractivity contribution is -0.575. The van der Waals surface area contributed by atoms with Crippen LogP contribution in [0.1, 0.15) is 0 Å². The van der Waals surface area contributed by atoms with E-state index in [9.17, 15) is 0 Å². The molecule has 5 nitrogen and oxygen atoms in total. The van der Waals surface area contributed by atoms with Gasteiger partial charge in [-0.05, 0) is 35.6 Å². The molecule has 4 rings (SSSR count). The van der Waals surface area contributed by atoms with Crippen molar-refractivity contribution < 1.29 is 9.25 Å². The summed E-state index contributed by atoms with van der Waals surface area (Å²) in [5.41, 5.74) is 0.962. The number of aromatic amines is 1. The number of para-hydroxylation sites is 2. The van der Waals surface area contributed by atoms with Gasteiger partial charge in [0.2, 0.25) is 0 Å². The highest BCUT2D eigenvalue weighted by Gasteiger charge is 2.16. The lowest BCUT2D eigenvalue weighted by atomic mass is 10.2. The zero-order valence-corrected chi connectivity index (χ0v) is 11.7. The number of hydrogen-bond acceptors (Lipinski definition) is 4. The van der Waals surface area contributed by atoms with Gasteiger partial charge < -0.3 is 4.74 Å². The molecule has 102 valence electrons. The monoisotopic (exact) mass is 295 g/mol. The second kappa shape index (κ2) is 4.99. The molecule has 6 heteroatoms. The van der Waals surface area contributed by atoms with Gasteiger partial charge in [0, 0.05) is 5.10 Å². The van der Waals surface area contributed by atoms with Crippen LogP contribution in [0.15, 0.2) is 60.9 Å². The second-order valence-electron chi connectivity index (χ2n) is 4.42. The number of nitrogens with zero attached hydrogens (tertiary/aromatic N) is 3. The number of aromatic nitrogens is 4. The molecule has 0 saturated heterocycles. The fourth-order valence-corrected chi connectivity index (χ4v) is 2.92. The second-order valence-corrected chi connectivity index (χ2v) is 5.40. The Morgan fingerprint density at radius 3 is 2.67 bits per heavy atom. The molecule has 0 aliphatic rings. The smallest absolute Gasteiger partial charge is 0.342 e. The van der Waals surface area contributed by atoms with Crippen LogP contribution in [0, 0.1) is 0 Å². The van der Waals surface area contributed by atoms with Crippen molar-refractivity contribution in [3.05, 3.63) is 60.9 Å². The third kappa shape index (κ3) is 2.25. The van der Waals surface area contributed by atoms with Gasteiger partial charge in [0.25, 0.3) is 6.33 Å². The van der Waals surface area contributed by atoms with Crippen molar-refractivity contribution >= 4 is 16.3 Å². The lowest BCUT2D eigenvalue weighted by Gasteiger charge is -2.08. The number of benzene rings is 2. The average Bonchev–Trinajstić information content (AvgIpc) is 3.10. The molecule has 0 aliphatic carbocycles. The number of rotatable bonds is 3. The number of H-pyrrole nitrogens is 1. The first-order valence-electron chi connectivity index (χ1n) is 6.44. The molecule has 21 heavy (non-hydrogen) atoms. The van der Waals surface area contributed by atoms with E-state index in [1.54, 1.807) is 10.8 Å². The zero-order valence-electron chi connectivity index (χ0n) is 10.9. The summed E-state index contributed by atoms with van der Waals surface area (Å²) in [6, 6.07) is 17.6. The van der Waals surface area contributed by atoms with Crippen molar-refractivity contribution in [3.63, 3.8) is 0 Å². The predicted molar refractivity (Wildman–Crippen MR) is 79.4 cm³/mol. The van der Waals surface area contributed by atoms with E-state index < -0.39 is 0 Å². The molecule has 0 spiro atoms. The summed E-state index contributed by atoms with van der Waals surface area (Å²) >= 11 is 1.54. The van der Waals surface area contributed by atoms with Crippen LogP contribution in [-0.2, 0) is 0 Å². The van der Waals surface area contributed by atoms with Gasteiger partial charge in [0.1, 0.15) is 11.5 Å². The number of nitrogens with one attached hydrogen (secondary N) is 1. The summed E-state index contributed by atoms with van der Waals surface area (Å²) in [5, 5.41) is 12.2. The third-order valence-corrected chi connectivity index (χ3v) is 3.98. The summed E-state index contributed by atoms with van der Waals surface area (Å²) in [4.78, 5) is 0.888. The maximum Gasteiger partial charge on any atom is 0.342 e. The zero-order chi connectivity index (χ0) is 14.1. The molecular formula is C15H11N4OS+. The molecule has 2 aromatic carbocycles. The molecule has 0 aliphatic heterocycles. The van der Waals surface area contributed by atoms with Crippen LogP contribution < -0.4 is 9.25 Å². The van der Waals surface area contributed by atoms with E-state index in [1.165, 1.54) is 11.3 Å². The van der Waals surface area contributed by atoms with Gasteiger partial charge in [-0.25, -0.2) is 0 Å². The molecule has 0 atom stereocenters. The van der Waals surface area contributed by atoms with Crippen molar-refractivity contribution in [1.82, 2.24) is 15.3 Å². The molecule has 0 bridgehead atoms. The molecule has 0 fully saturated rings. The Morgan fingerprint density at radius 2 is 1.81 bits per heavy atom. The fourth-order valence-electron chi connectivity index (χ4n) is 2.05. The maximum atomic E-state index is 5.97. The van der Waals surface area contributed by atoms with Crippen molar-refractivity contribution in [2.45, 2.75) is 0 Å². The standard InChI is InChI=1S/C15H10N4OS/c1-2-6-11(7-3-1)20-13-9-5-4-8-12(13)14-18-19-10-16-17-15(19)21-14/h1-10H/p+1. The van der Waals surface area contributed by atoms with Gasteiger partial charge in [-0.15, -0.1) is 5.10 Å². The molecule has 1 N–H and O–H groups in total. The number of fused-ring (bicyclic) bond motifs is 1. The first kappa shape index (κ1) is 12.0. The molecular weight excluding hydrogens is 284 g/mol. The number of ether oxygens (including phenoxy) is 1. The topological polar surface area (TPSA) is 54.9 Å². The normalized spacial score (nSPS) is 10.9. The van der Waals surface area contributed by atoms with Crippen LogP contribution in [-0.4, -0.2) is 15.3 Å². The Bertz CT molecular complexity index is 856. The molecule has 0 saturated carbocycles. The summed E-state index contributed by atoms with van der Waals surface area (Å²) in [6.07, 6.45) is 1.65. The molecule has 0 unspecified atom stereocenters. The van der Waals surface area contributed by atoms with Gasteiger partial charge in [-0.3, -0.25) is 0 Å². The molecule has 2 heterocycles. The van der Waals surface area contributed by atoms with Crippen molar-refractivity contribution in [3.8, 4) is 22.1 Å². The van der Waals surface area contributed by atoms with Crippen LogP contribution >= 0.6 is 11.3 Å². The quantitative estimate of drug-likeness (QED) is 0.591. The first-order chi connectivity index (χ1) is 10.4. The molecule has 4 aromatic rings. The highest BCUT2D eigenvalue weighted by atomic mass is 32.1. The van der Waals surface area contributed by atoms with Gasteiger partial charge in [0.15, 0.2) is 5.01 Å². The Hall–Kier alpha value is -2.73. The van der Waals surface area contributed by atoms with E-state index in [0.717, 1.165) is 27.0 Å². The van der Waals surface area contributed by atoms with E-state index in [2.05, 4.69) is 15.3 Å². The maximum absolute atomic E-state index is 5.97. The average molecular weight is 295 g/mol. The first-order valence-corrected chi connectivity index (χ1v) is 7.26. The van der Waals surface area contributed by atoms with E-state index in [0.29, 0.717) is 0 Å². The van der Waals surface area contributed by atoms with Crippen LogP contribution in [0.4, 0.5) is 0 Å². The molecule has 0 radical (unpaired) electrons. The summed E-state index contributed by atoms with van der Waals surface area (Å²) in [7, 11) is 0. The van der Waals surface area contributed by atoms with Crippen LogP contribution in [0.2, 0.25) is 0 Å². The van der Waals surface area contributed by atoms with Crippen molar-refractivity contribution in [2.24, 2.45) is 0 Å². The van der Waals surface area contributed by atoms with Crippen LogP contribution in [0.25, 0.3) is 15.5 Å². The predicted octanol–water partition coefficient (Wildman–Crippen LogP) is 3.06. The minimum absolute atomic E-state index is 0.786. The van der Waals surface area contributed by atoms with Crippen LogP contribution in [0.3, 0.4) is 0 Å². The minimum Gasteiger partial charge on any atom is -0.457 e. The van der Waals surface area contributed by atoms with Crippen molar-refractivity contribution in [2.75, 3.05) is 0 Å². The van der Waals surface area contributed by atoms with Crippen LogP contribution in [0.5, 0.6) is 11.5 Å². The van der Waals surface area contributed by atoms with E-state index >= 15 is 0 Å². The van der Waals surface area contributed by atoms with Gasteiger partial charge in [0.05, 0.1) is 5.56 Å². The Balaban J connectivity index is 1.77. The number of hydrogen-bond donors (Lipinski definition) is 1. The summed E-state index contributed by atoms with van der Waals surface area (Å²) < 4.78 is 7.69. The largest absolute Gasteiger partial charge is 0.457 e. The fraction of sp³-hybridized carbons (Fsp3) is 0. The van der Waals surface area contributed by atoms with Gasteiger partial charge >= 0.3 is 4.96 Å². The molecule has 2 aromatic heterocycles. The highest BCUT2D eigenvalue weighted by molar-refractivity contribution is 7.19. The lowest BCUT2D eigenvalue weighted by Crippen LogP contribution is -2.18. The third-order valence-electron chi connectivity index (χ3n) is 3.02. The summed E-state index contributed by atoms with van der Waals surface area (Å²) in [6.45, 7) is 0. The Morgan fingerprint density at radius 1 is 1.00 bits per heavy atom. The van der Waals surface area contributed by atoms with Gasteiger partial charge in [-0.1, -0.05) is 39.9 Å². The minimum atomic E-state index is 0.786.